The highest BCUT2D eigenvalue weighted by Crippen LogP contribution is 2.33. The number of benzene rings is 1. The summed E-state index contributed by atoms with van der Waals surface area (Å²) in [4.78, 5) is 29.6. The molecular formula is C14H13N3O2. The van der Waals surface area contributed by atoms with E-state index in [1.165, 1.54) is 4.90 Å². The number of aryl methyl sites for hydroxylation is 2. The van der Waals surface area contributed by atoms with Crippen LogP contribution in [0.15, 0.2) is 30.7 Å². The Bertz CT molecular complexity index is 688. The van der Waals surface area contributed by atoms with Gasteiger partial charge in [0.05, 0.1) is 29.8 Å². The fraction of sp³-hybridized carbons (Fsp3) is 0.214. The summed E-state index contributed by atoms with van der Waals surface area (Å²) >= 11 is 0. The van der Waals surface area contributed by atoms with Crippen LogP contribution in [0.2, 0.25) is 0 Å². The molecule has 0 aliphatic carbocycles. The molecule has 5 heteroatoms. The van der Waals surface area contributed by atoms with Gasteiger partial charge in [-0.15, -0.1) is 0 Å². The van der Waals surface area contributed by atoms with E-state index in [1.807, 2.05) is 24.6 Å². The Morgan fingerprint density at radius 3 is 2.74 bits per heavy atom. The van der Waals surface area contributed by atoms with E-state index in [0.29, 0.717) is 12.1 Å². The van der Waals surface area contributed by atoms with Crippen molar-refractivity contribution in [3.05, 3.63) is 47.5 Å². The molecule has 0 fully saturated rings. The third-order valence-corrected chi connectivity index (χ3v) is 3.43. The molecule has 1 aliphatic rings. The molecule has 1 amide bonds. The van der Waals surface area contributed by atoms with E-state index >= 15 is 0 Å². The molecule has 0 bridgehead atoms. The maximum absolute atomic E-state index is 12.1. The van der Waals surface area contributed by atoms with Crippen molar-refractivity contribution in [1.82, 2.24) is 9.55 Å². The van der Waals surface area contributed by atoms with Crippen molar-refractivity contribution >= 4 is 17.4 Å². The smallest absolute Gasteiger partial charge is 0.299 e. The van der Waals surface area contributed by atoms with E-state index in [0.717, 1.165) is 16.9 Å². The average molecular weight is 255 g/mol. The Morgan fingerprint density at radius 2 is 2.05 bits per heavy atom. The number of carbonyl (C=O) groups is 2. The van der Waals surface area contributed by atoms with E-state index in [4.69, 9.17) is 0 Å². The molecule has 1 aromatic heterocycles. The standard InChI is InChI=1S/C14H13N3O2/c1-9-4-3-5-11-12(9)17(14(19)13(11)18)7-10-6-15-8-16(10)2/h3-6,8H,7H2,1-2H3. The SMILES string of the molecule is Cc1cccc2c1N(Cc1cncn1C)C(=O)C2=O. The largest absolute Gasteiger partial charge is 0.336 e. The lowest BCUT2D eigenvalue weighted by molar-refractivity contribution is -0.114. The molecule has 19 heavy (non-hydrogen) atoms. The molecule has 0 N–H and O–H groups in total. The van der Waals surface area contributed by atoms with Crippen molar-refractivity contribution in [2.24, 2.45) is 7.05 Å². The first-order chi connectivity index (χ1) is 9.09. The summed E-state index contributed by atoms with van der Waals surface area (Å²) < 4.78 is 1.84. The number of nitrogens with zero attached hydrogens (tertiary/aromatic N) is 3. The molecule has 1 aromatic carbocycles. The quantitative estimate of drug-likeness (QED) is 0.763. The third-order valence-electron chi connectivity index (χ3n) is 3.43. The lowest BCUT2D eigenvalue weighted by atomic mass is 10.1. The van der Waals surface area contributed by atoms with Gasteiger partial charge in [0.25, 0.3) is 11.7 Å². The number of para-hydroxylation sites is 1. The number of hydrogen-bond acceptors (Lipinski definition) is 3. The number of Topliss-reactive ketones (excluding diaryl/α,β-unsaturated/α-hetero) is 1. The Hall–Kier alpha value is -2.43. The maximum atomic E-state index is 12.1. The van der Waals surface area contributed by atoms with E-state index in [-0.39, 0.29) is 0 Å². The Kier molecular flexibility index (Phi) is 2.48. The van der Waals surface area contributed by atoms with Gasteiger partial charge in [0.2, 0.25) is 0 Å². The van der Waals surface area contributed by atoms with Crippen LogP contribution in [0.4, 0.5) is 5.69 Å². The third kappa shape index (κ3) is 1.66. The molecule has 0 saturated heterocycles. The molecule has 2 aromatic rings. The summed E-state index contributed by atoms with van der Waals surface area (Å²) in [5, 5.41) is 0. The number of fused-ring (bicyclic) bond motifs is 1. The van der Waals surface area contributed by atoms with Crippen molar-refractivity contribution in [1.29, 1.82) is 0 Å². The summed E-state index contributed by atoms with van der Waals surface area (Å²) in [5.41, 5.74) is 3.03. The summed E-state index contributed by atoms with van der Waals surface area (Å²) in [6, 6.07) is 5.40. The van der Waals surface area contributed by atoms with Gasteiger partial charge in [0.15, 0.2) is 0 Å². The first-order valence-electron chi connectivity index (χ1n) is 6.00. The lowest BCUT2D eigenvalue weighted by Gasteiger charge is -2.18. The lowest BCUT2D eigenvalue weighted by Crippen LogP contribution is -2.30. The molecule has 1 aliphatic heterocycles. The Balaban J connectivity index is 2.07. The Morgan fingerprint density at radius 1 is 1.26 bits per heavy atom. The molecule has 0 atom stereocenters. The fourth-order valence-electron chi connectivity index (χ4n) is 2.39. The second-order valence-electron chi connectivity index (χ2n) is 4.69. The number of aromatic nitrogens is 2. The molecule has 3 rings (SSSR count). The van der Waals surface area contributed by atoms with Crippen LogP contribution >= 0.6 is 0 Å². The van der Waals surface area contributed by atoms with Crippen LogP contribution in [0.1, 0.15) is 21.6 Å². The first-order valence-corrected chi connectivity index (χ1v) is 6.00. The van der Waals surface area contributed by atoms with E-state index < -0.39 is 11.7 Å². The van der Waals surface area contributed by atoms with Gasteiger partial charge in [-0.25, -0.2) is 4.98 Å². The predicted octanol–water partition coefficient (Wildman–Crippen LogP) is 1.46. The van der Waals surface area contributed by atoms with Crippen LogP contribution < -0.4 is 4.90 Å². The monoisotopic (exact) mass is 255 g/mol. The van der Waals surface area contributed by atoms with Crippen molar-refractivity contribution in [2.45, 2.75) is 13.5 Å². The average Bonchev–Trinajstić information content (AvgIpc) is 2.89. The second-order valence-corrected chi connectivity index (χ2v) is 4.69. The van der Waals surface area contributed by atoms with Crippen molar-refractivity contribution in [2.75, 3.05) is 4.90 Å². The van der Waals surface area contributed by atoms with Crippen LogP contribution in [0.5, 0.6) is 0 Å². The van der Waals surface area contributed by atoms with Crippen molar-refractivity contribution < 1.29 is 9.59 Å². The number of imidazole rings is 1. The minimum absolute atomic E-state index is 0.360. The summed E-state index contributed by atoms with van der Waals surface area (Å²) in [7, 11) is 1.86. The topological polar surface area (TPSA) is 55.2 Å². The highest BCUT2D eigenvalue weighted by Gasteiger charge is 2.36. The van der Waals surface area contributed by atoms with E-state index in [9.17, 15) is 9.59 Å². The van der Waals surface area contributed by atoms with Gasteiger partial charge in [-0.2, -0.15) is 0 Å². The second kappa shape index (κ2) is 4.05. The Labute approximate surface area is 110 Å². The number of amides is 1. The van der Waals surface area contributed by atoms with Crippen molar-refractivity contribution in [3.63, 3.8) is 0 Å². The zero-order valence-corrected chi connectivity index (χ0v) is 10.8. The van der Waals surface area contributed by atoms with Gasteiger partial charge in [-0.05, 0) is 18.6 Å². The summed E-state index contributed by atoms with van der Waals surface area (Å²) in [6.45, 7) is 2.26. The van der Waals surface area contributed by atoms with Crippen LogP contribution in [0.3, 0.4) is 0 Å². The zero-order chi connectivity index (χ0) is 13.6. The van der Waals surface area contributed by atoms with Gasteiger partial charge in [0, 0.05) is 13.2 Å². The van der Waals surface area contributed by atoms with Gasteiger partial charge >= 0.3 is 0 Å². The van der Waals surface area contributed by atoms with E-state index in [1.54, 1.807) is 24.7 Å². The van der Waals surface area contributed by atoms with Gasteiger partial charge in [-0.1, -0.05) is 12.1 Å². The number of anilines is 1. The van der Waals surface area contributed by atoms with Gasteiger partial charge < -0.3 is 4.57 Å². The zero-order valence-electron chi connectivity index (χ0n) is 10.8. The van der Waals surface area contributed by atoms with Crippen LogP contribution in [-0.4, -0.2) is 21.2 Å². The number of ketones is 1. The van der Waals surface area contributed by atoms with Gasteiger partial charge in [-0.3, -0.25) is 14.5 Å². The number of hydrogen-bond donors (Lipinski definition) is 0. The molecule has 5 nitrogen and oxygen atoms in total. The number of carbonyl (C=O) groups excluding carboxylic acids is 2. The van der Waals surface area contributed by atoms with Gasteiger partial charge in [0.1, 0.15) is 0 Å². The predicted molar refractivity (Wildman–Crippen MR) is 69.9 cm³/mol. The molecule has 2 heterocycles. The van der Waals surface area contributed by atoms with Crippen LogP contribution in [-0.2, 0) is 18.4 Å². The number of rotatable bonds is 2. The summed E-state index contributed by atoms with van der Waals surface area (Å²) in [5.74, 6) is -0.897. The molecule has 96 valence electrons. The van der Waals surface area contributed by atoms with Crippen molar-refractivity contribution in [3.8, 4) is 0 Å². The molecule has 0 saturated carbocycles. The fourth-order valence-corrected chi connectivity index (χ4v) is 2.39. The molecule has 0 spiro atoms. The highest BCUT2D eigenvalue weighted by atomic mass is 16.2. The molecule has 0 radical (unpaired) electrons. The normalized spacial score (nSPS) is 14.1. The highest BCUT2D eigenvalue weighted by molar-refractivity contribution is 6.52. The van der Waals surface area contributed by atoms with E-state index in [2.05, 4.69) is 4.98 Å². The van der Waals surface area contributed by atoms with Crippen LogP contribution in [0.25, 0.3) is 0 Å². The summed E-state index contributed by atoms with van der Waals surface area (Å²) in [6.07, 6.45) is 3.38. The minimum atomic E-state index is -0.467. The minimum Gasteiger partial charge on any atom is -0.336 e. The maximum Gasteiger partial charge on any atom is 0.299 e. The molecule has 0 unspecified atom stereocenters. The first kappa shape index (κ1) is 11.6. The van der Waals surface area contributed by atoms with Crippen LogP contribution in [0, 0.1) is 6.92 Å². The molecular weight excluding hydrogens is 242 g/mol.